The molecule has 3 rings (SSSR count). The summed E-state index contributed by atoms with van der Waals surface area (Å²) in [4.78, 5) is 25.1. The molecular formula is C15H15N3O3. The van der Waals surface area contributed by atoms with E-state index in [1.807, 2.05) is 30.3 Å². The number of imide groups is 1. The van der Waals surface area contributed by atoms with E-state index in [1.165, 1.54) is 0 Å². The number of aromatic nitrogens is 1. The standard InChI is InChI=1S/C15H15N3O3/c1-15(2)13(19)18(14(20)16-15)9-11-8-12(21-17-11)10-6-4-3-5-7-10/h3-8H,9H2,1-2H3,(H,16,20). The maximum absolute atomic E-state index is 12.1. The molecule has 1 saturated heterocycles. The van der Waals surface area contributed by atoms with Crippen molar-refractivity contribution in [3.63, 3.8) is 0 Å². The van der Waals surface area contributed by atoms with E-state index in [4.69, 9.17) is 4.52 Å². The van der Waals surface area contributed by atoms with Crippen molar-refractivity contribution >= 4 is 11.9 Å². The highest BCUT2D eigenvalue weighted by Gasteiger charge is 2.44. The van der Waals surface area contributed by atoms with Crippen LogP contribution in [-0.4, -0.2) is 27.5 Å². The minimum Gasteiger partial charge on any atom is -0.356 e. The molecule has 6 heteroatoms. The van der Waals surface area contributed by atoms with Gasteiger partial charge in [-0.25, -0.2) is 4.79 Å². The molecule has 108 valence electrons. The van der Waals surface area contributed by atoms with E-state index in [9.17, 15) is 9.59 Å². The van der Waals surface area contributed by atoms with Crippen LogP contribution in [0.25, 0.3) is 11.3 Å². The van der Waals surface area contributed by atoms with Gasteiger partial charge in [0.25, 0.3) is 5.91 Å². The molecule has 1 fully saturated rings. The molecule has 0 atom stereocenters. The lowest BCUT2D eigenvalue weighted by Crippen LogP contribution is -2.40. The monoisotopic (exact) mass is 285 g/mol. The van der Waals surface area contributed by atoms with Crippen LogP contribution in [0.3, 0.4) is 0 Å². The lowest BCUT2D eigenvalue weighted by molar-refractivity contribution is -0.130. The molecular weight excluding hydrogens is 270 g/mol. The number of amides is 3. The second-order valence-electron chi connectivity index (χ2n) is 5.49. The summed E-state index contributed by atoms with van der Waals surface area (Å²) in [5.41, 5.74) is 0.562. The largest absolute Gasteiger partial charge is 0.356 e. The van der Waals surface area contributed by atoms with Gasteiger partial charge in [-0.1, -0.05) is 35.5 Å². The predicted molar refractivity (Wildman–Crippen MR) is 75.1 cm³/mol. The molecule has 3 amide bonds. The van der Waals surface area contributed by atoms with Gasteiger partial charge in [0.2, 0.25) is 0 Å². The molecule has 0 unspecified atom stereocenters. The van der Waals surface area contributed by atoms with Gasteiger partial charge in [-0.05, 0) is 13.8 Å². The molecule has 1 aromatic heterocycles. The van der Waals surface area contributed by atoms with Crippen molar-refractivity contribution in [1.29, 1.82) is 0 Å². The van der Waals surface area contributed by atoms with Crippen LogP contribution in [0, 0.1) is 0 Å². The zero-order chi connectivity index (χ0) is 15.0. The SMILES string of the molecule is CC1(C)NC(=O)N(Cc2cc(-c3ccccc3)on2)C1=O. The molecule has 0 spiro atoms. The van der Waals surface area contributed by atoms with E-state index in [2.05, 4.69) is 10.5 Å². The maximum atomic E-state index is 12.1. The Bertz CT molecular complexity index is 691. The number of carbonyl (C=O) groups excluding carboxylic acids is 2. The van der Waals surface area contributed by atoms with Gasteiger partial charge in [0.1, 0.15) is 11.2 Å². The van der Waals surface area contributed by atoms with Crippen molar-refractivity contribution in [3.8, 4) is 11.3 Å². The van der Waals surface area contributed by atoms with Crippen LogP contribution >= 0.6 is 0 Å². The van der Waals surface area contributed by atoms with Crippen LogP contribution in [0.2, 0.25) is 0 Å². The van der Waals surface area contributed by atoms with E-state index >= 15 is 0 Å². The number of benzene rings is 1. The van der Waals surface area contributed by atoms with E-state index in [0.29, 0.717) is 11.5 Å². The van der Waals surface area contributed by atoms with Crippen LogP contribution in [0.1, 0.15) is 19.5 Å². The molecule has 1 aliphatic heterocycles. The minimum atomic E-state index is -0.872. The Morgan fingerprint density at radius 1 is 1.24 bits per heavy atom. The van der Waals surface area contributed by atoms with Gasteiger partial charge in [0.05, 0.1) is 6.54 Å². The molecule has 2 heterocycles. The van der Waals surface area contributed by atoms with Gasteiger partial charge < -0.3 is 9.84 Å². The second-order valence-corrected chi connectivity index (χ2v) is 5.49. The molecule has 0 saturated carbocycles. The van der Waals surface area contributed by atoms with Crippen molar-refractivity contribution in [2.75, 3.05) is 0 Å². The van der Waals surface area contributed by atoms with E-state index in [-0.39, 0.29) is 12.5 Å². The highest BCUT2D eigenvalue weighted by atomic mass is 16.5. The molecule has 1 aliphatic rings. The van der Waals surface area contributed by atoms with Crippen LogP contribution in [-0.2, 0) is 11.3 Å². The Morgan fingerprint density at radius 3 is 2.57 bits per heavy atom. The van der Waals surface area contributed by atoms with Crippen LogP contribution in [0.15, 0.2) is 40.9 Å². The highest BCUT2D eigenvalue weighted by molar-refractivity contribution is 6.06. The van der Waals surface area contributed by atoms with Crippen molar-refractivity contribution in [2.45, 2.75) is 25.9 Å². The molecule has 0 bridgehead atoms. The van der Waals surface area contributed by atoms with Crippen molar-refractivity contribution in [3.05, 3.63) is 42.1 Å². The van der Waals surface area contributed by atoms with Crippen molar-refractivity contribution in [1.82, 2.24) is 15.4 Å². The first kappa shape index (κ1) is 13.4. The first-order valence-electron chi connectivity index (χ1n) is 6.62. The summed E-state index contributed by atoms with van der Waals surface area (Å²) in [5, 5.41) is 6.55. The van der Waals surface area contributed by atoms with E-state index in [1.54, 1.807) is 19.9 Å². The number of nitrogens with one attached hydrogen (secondary N) is 1. The maximum Gasteiger partial charge on any atom is 0.325 e. The van der Waals surface area contributed by atoms with Crippen molar-refractivity contribution < 1.29 is 14.1 Å². The van der Waals surface area contributed by atoms with Gasteiger partial charge in [-0.2, -0.15) is 0 Å². The Labute approximate surface area is 121 Å². The first-order valence-corrected chi connectivity index (χ1v) is 6.62. The third-order valence-corrected chi connectivity index (χ3v) is 3.38. The zero-order valence-corrected chi connectivity index (χ0v) is 11.8. The molecule has 1 aromatic carbocycles. The zero-order valence-electron chi connectivity index (χ0n) is 11.8. The average molecular weight is 285 g/mol. The molecule has 0 aliphatic carbocycles. The Morgan fingerprint density at radius 2 is 1.95 bits per heavy atom. The minimum absolute atomic E-state index is 0.102. The van der Waals surface area contributed by atoms with Crippen LogP contribution < -0.4 is 5.32 Å². The predicted octanol–water partition coefficient (Wildman–Crippen LogP) is 2.17. The summed E-state index contributed by atoms with van der Waals surface area (Å²) < 4.78 is 5.26. The summed E-state index contributed by atoms with van der Waals surface area (Å²) in [6.07, 6.45) is 0. The number of carbonyl (C=O) groups is 2. The summed E-state index contributed by atoms with van der Waals surface area (Å²) >= 11 is 0. The van der Waals surface area contributed by atoms with E-state index in [0.717, 1.165) is 10.5 Å². The summed E-state index contributed by atoms with van der Waals surface area (Å²) in [6, 6.07) is 10.9. The lowest BCUT2D eigenvalue weighted by Gasteiger charge is -2.14. The molecule has 6 nitrogen and oxygen atoms in total. The Hall–Kier alpha value is -2.63. The first-order chi connectivity index (χ1) is 9.97. The molecule has 0 radical (unpaired) electrons. The third-order valence-electron chi connectivity index (χ3n) is 3.38. The fourth-order valence-corrected chi connectivity index (χ4v) is 2.25. The van der Waals surface area contributed by atoms with Gasteiger partial charge >= 0.3 is 6.03 Å². The topological polar surface area (TPSA) is 75.4 Å². The number of hydrogen-bond acceptors (Lipinski definition) is 4. The smallest absolute Gasteiger partial charge is 0.325 e. The summed E-state index contributed by atoms with van der Waals surface area (Å²) in [5.74, 6) is 0.341. The summed E-state index contributed by atoms with van der Waals surface area (Å²) in [6.45, 7) is 3.45. The third kappa shape index (κ3) is 2.40. The van der Waals surface area contributed by atoms with Gasteiger partial charge in [0, 0.05) is 11.6 Å². The second kappa shape index (κ2) is 4.73. The quantitative estimate of drug-likeness (QED) is 0.877. The summed E-state index contributed by atoms with van der Waals surface area (Å²) in [7, 11) is 0. The molecule has 2 aromatic rings. The van der Waals surface area contributed by atoms with Crippen LogP contribution in [0.4, 0.5) is 4.79 Å². The normalized spacial score (nSPS) is 17.1. The Kier molecular flexibility index (Phi) is 3.01. The van der Waals surface area contributed by atoms with Crippen LogP contribution in [0.5, 0.6) is 0 Å². The van der Waals surface area contributed by atoms with Crippen molar-refractivity contribution in [2.24, 2.45) is 0 Å². The number of hydrogen-bond donors (Lipinski definition) is 1. The molecule has 1 N–H and O–H groups in total. The highest BCUT2D eigenvalue weighted by Crippen LogP contribution is 2.23. The van der Waals surface area contributed by atoms with Gasteiger partial charge in [-0.3, -0.25) is 9.69 Å². The van der Waals surface area contributed by atoms with Gasteiger partial charge in [-0.15, -0.1) is 0 Å². The number of urea groups is 1. The van der Waals surface area contributed by atoms with E-state index < -0.39 is 11.6 Å². The molecule has 21 heavy (non-hydrogen) atoms. The lowest BCUT2D eigenvalue weighted by atomic mass is 10.1. The Balaban J connectivity index is 1.80. The fraction of sp³-hybridized carbons (Fsp3) is 0.267. The number of nitrogens with zero attached hydrogens (tertiary/aromatic N) is 2. The fourth-order valence-electron chi connectivity index (χ4n) is 2.25. The van der Waals surface area contributed by atoms with Gasteiger partial charge in [0.15, 0.2) is 5.76 Å². The average Bonchev–Trinajstić information content (AvgIpc) is 2.99. The number of rotatable bonds is 3.